The third-order valence-electron chi connectivity index (χ3n) is 0.886. The van der Waals surface area contributed by atoms with Crippen molar-refractivity contribution in [1.29, 1.82) is 0 Å². The van der Waals surface area contributed by atoms with Crippen LogP contribution in [0.4, 0.5) is 0 Å². The van der Waals surface area contributed by atoms with Crippen LogP contribution in [0.3, 0.4) is 0 Å². The Bertz CT molecular complexity index is 155. The van der Waals surface area contributed by atoms with E-state index in [0.29, 0.717) is 23.8 Å². The Kier molecular flexibility index (Phi) is 8.58. The number of thiol groups is 2. The fourth-order valence-corrected chi connectivity index (χ4v) is 1.08. The molecule has 0 saturated heterocycles. The number of hydrogen-bond acceptors (Lipinski definition) is 7. The van der Waals surface area contributed by atoms with Crippen LogP contribution >= 0.6 is 37.6 Å². The molecule has 76 valence electrons. The molecule has 0 aromatic heterocycles. The Hall–Kier alpha value is -0.0100. The zero-order chi connectivity index (χ0) is 10.1. The highest BCUT2D eigenvalue weighted by molar-refractivity contribution is 7.90. The summed E-state index contributed by atoms with van der Waals surface area (Å²) in [6.07, 6.45) is 0.389. The molecule has 7 heteroatoms. The summed E-state index contributed by atoms with van der Waals surface area (Å²) in [5.41, 5.74) is 0. The zero-order valence-electron chi connectivity index (χ0n) is 6.76. The lowest BCUT2D eigenvalue weighted by Crippen LogP contribution is -2.03. The van der Waals surface area contributed by atoms with Gasteiger partial charge in [-0.1, -0.05) is 0 Å². The van der Waals surface area contributed by atoms with E-state index < -0.39 is 11.9 Å². The molecule has 0 amide bonds. The predicted octanol–water partition coefficient (Wildman–Crippen LogP) is 1.28. The van der Waals surface area contributed by atoms with Crippen molar-refractivity contribution in [1.82, 2.24) is 0 Å². The Morgan fingerprint density at radius 3 is 1.69 bits per heavy atom. The summed E-state index contributed by atoms with van der Waals surface area (Å²) >= 11 is 8.04. The van der Waals surface area contributed by atoms with E-state index in [1.54, 1.807) is 0 Å². The zero-order valence-corrected chi connectivity index (χ0v) is 9.37. The molecule has 0 unspecified atom stereocenters. The van der Waals surface area contributed by atoms with Crippen LogP contribution in [0.5, 0.6) is 0 Å². The summed E-state index contributed by atoms with van der Waals surface area (Å²) in [7, 11) is 0. The van der Waals surface area contributed by atoms with E-state index in [-0.39, 0.29) is 12.8 Å². The summed E-state index contributed by atoms with van der Waals surface area (Å²) < 4.78 is 8.92. The summed E-state index contributed by atoms with van der Waals surface area (Å²) in [5.74, 6) is -0.106. The Morgan fingerprint density at radius 1 is 1.00 bits per heavy atom. The van der Waals surface area contributed by atoms with Crippen LogP contribution in [0.1, 0.15) is 12.8 Å². The molecule has 0 heterocycles. The lowest BCUT2D eigenvalue weighted by Gasteiger charge is -2.00. The third kappa shape index (κ3) is 8.32. The van der Waals surface area contributed by atoms with Crippen molar-refractivity contribution < 1.29 is 18.0 Å². The van der Waals surface area contributed by atoms with Gasteiger partial charge in [-0.05, 0) is 0 Å². The average molecular weight is 242 g/mol. The maximum absolute atomic E-state index is 10.7. The standard InChI is InChI=1S/C6H10O4S3/c7-5(1-3-11)9-13-10-6(8)2-4-12/h11-12H,1-4H2. The fourth-order valence-electron chi connectivity index (χ4n) is 0.359. The summed E-state index contributed by atoms with van der Waals surface area (Å²) in [6.45, 7) is 0. The average Bonchev–Trinajstić information content (AvgIpc) is 2.05. The molecule has 4 nitrogen and oxygen atoms in total. The highest BCUT2D eigenvalue weighted by atomic mass is 32.2. The van der Waals surface area contributed by atoms with Gasteiger partial charge in [0.25, 0.3) is 12.3 Å². The smallest absolute Gasteiger partial charge is 0.321 e. The fraction of sp³-hybridized carbons (Fsp3) is 0.667. The van der Waals surface area contributed by atoms with E-state index in [2.05, 4.69) is 33.6 Å². The van der Waals surface area contributed by atoms with Gasteiger partial charge in [0.05, 0.1) is 12.8 Å². The monoisotopic (exact) mass is 242 g/mol. The molecule has 0 radical (unpaired) electrons. The Balaban J connectivity index is 3.33. The minimum atomic E-state index is -0.460. The van der Waals surface area contributed by atoms with Gasteiger partial charge in [0.1, 0.15) is 0 Å². The summed E-state index contributed by atoms with van der Waals surface area (Å²) in [6, 6.07) is 0. The van der Waals surface area contributed by atoms with Crippen LogP contribution in [-0.4, -0.2) is 23.4 Å². The summed E-state index contributed by atoms with van der Waals surface area (Å²) in [5, 5.41) is 0. The second-order valence-corrected chi connectivity index (χ2v) is 3.29. The first-order valence-corrected chi connectivity index (χ1v) is 5.42. The van der Waals surface area contributed by atoms with Crippen molar-refractivity contribution in [2.45, 2.75) is 12.8 Å². The highest BCUT2D eigenvalue weighted by Crippen LogP contribution is 2.08. The molecule has 0 saturated carbocycles. The van der Waals surface area contributed by atoms with Gasteiger partial charge in [-0.3, -0.25) is 9.59 Å². The Morgan fingerprint density at radius 2 is 1.38 bits per heavy atom. The maximum Gasteiger partial charge on any atom is 0.321 e. The van der Waals surface area contributed by atoms with Crippen molar-refractivity contribution in [3.63, 3.8) is 0 Å². The normalized spacial score (nSPS) is 9.38. The topological polar surface area (TPSA) is 52.6 Å². The van der Waals surface area contributed by atoms with Crippen molar-refractivity contribution in [3.05, 3.63) is 0 Å². The van der Waals surface area contributed by atoms with E-state index >= 15 is 0 Å². The molecule has 0 atom stereocenters. The first-order chi connectivity index (χ1) is 6.20. The maximum atomic E-state index is 10.7. The molecular formula is C6H10O4S3. The molecule has 0 rings (SSSR count). The predicted molar refractivity (Wildman–Crippen MR) is 56.7 cm³/mol. The van der Waals surface area contributed by atoms with Crippen LogP contribution in [-0.2, 0) is 18.0 Å². The molecule has 0 aliphatic rings. The molecule has 0 spiro atoms. The number of rotatable bonds is 6. The van der Waals surface area contributed by atoms with Crippen LogP contribution in [0.2, 0.25) is 0 Å². The molecular weight excluding hydrogens is 232 g/mol. The lowest BCUT2D eigenvalue weighted by molar-refractivity contribution is -0.135. The highest BCUT2D eigenvalue weighted by Gasteiger charge is 2.06. The number of carbonyl (C=O) groups is 2. The van der Waals surface area contributed by atoms with Crippen LogP contribution in [0.15, 0.2) is 0 Å². The minimum Gasteiger partial charge on any atom is -0.355 e. The molecule has 0 aliphatic heterocycles. The van der Waals surface area contributed by atoms with Gasteiger partial charge in [0, 0.05) is 11.5 Å². The van der Waals surface area contributed by atoms with Crippen LogP contribution in [0, 0.1) is 0 Å². The van der Waals surface area contributed by atoms with Gasteiger partial charge in [-0.2, -0.15) is 25.3 Å². The summed E-state index contributed by atoms with van der Waals surface area (Å²) in [4.78, 5) is 21.4. The van der Waals surface area contributed by atoms with Gasteiger partial charge < -0.3 is 8.37 Å². The van der Waals surface area contributed by atoms with Crippen molar-refractivity contribution in [2.75, 3.05) is 11.5 Å². The van der Waals surface area contributed by atoms with Gasteiger partial charge in [-0.25, -0.2) is 0 Å². The largest absolute Gasteiger partial charge is 0.355 e. The molecule has 0 aromatic rings. The molecule has 13 heavy (non-hydrogen) atoms. The molecule has 0 bridgehead atoms. The lowest BCUT2D eigenvalue weighted by atomic mass is 10.5. The number of carbonyl (C=O) groups excluding carboxylic acids is 2. The van der Waals surface area contributed by atoms with Crippen LogP contribution < -0.4 is 0 Å². The molecule has 0 aromatic carbocycles. The van der Waals surface area contributed by atoms with E-state index in [0.717, 1.165) is 0 Å². The van der Waals surface area contributed by atoms with Gasteiger partial charge >= 0.3 is 11.9 Å². The van der Waals surface area contributed by atoms with E-state index in [4.69, 9.17) is 0 Å². The minimum absolute atomic E-state index is 0.195. The quantitative estimate of drug-likeness (QED) is 0.543. The first kappa shape index (κ1) is 13.0. The molecule has 0 aliphatic carbocycles. The third-order valence-corrected chi connectivity index (χ3v) is 1.84. The Labute approximate surface area is 92.0 Å². The van der Waals surface area contributed by atoms with E-state index in [1.807, 2.05) is 0 Å². The van der Waals surface area contributed by atoms with Crippen molar-refractivity contribution in [2.24, 2.45) is 0 Å². The van der Waals surface area contributed by atoms with Gasteiger partial charge in [0.15, 0.2) is 0 Å². The van der Waals surface area contributed by atoms with E-state index in [1.165, 1.54) is 0 Å². The number of hydrogen-bond donors (Lipinski definition) is 2. The molecule has 0 fully saturated rings. The van der Waals surface area contributed by atoms with Crippen LogP contribution in [0.25, 0.3) is 0 Å². The van der Waals surface area contributed by atoms with Crippen molar-refractivity contribution in [3.8, 4) is 0 Å². The van der Waals surface area contributed by atoms with Gasteiger partial charge in [0.2, 0.25) is 0 Å². The second-order valence-electron chi connectivity index (χ2n) is 1.93. The van der Waals surface area contributed by atoms with Crippen molar-refractivity contribution >= 4 is 49.5 Å². The van der Waals surface area contributed by atoms with E-state index in [9.17, 15) is 9.59 Å². The first-order valence-electron chi connectivity index (χ1n) is 3.49. The van der Waals surface area contributed by atoms with Gasteiger partial charge in [-0.15, -0.1) is 0 Å². The molecule has 0 N–H and O–H groups in total. The second kappa shape index (κ2) is 8.58. The SMILES string of the molecule is O=C(CCS)OSOC(=O)CCS.